The first-order valence-corrected chi connectivity index (χ1v) is 6.41. The van der Waals surface area contributed by atoms with Crippen LogP contribution < -0.4 is 5.32 Å². The number of rotatable bonds is 6. The van der Waals surface area contributed by atoms with E-state index in [1.807, 2.05) is 10.8 Å². The quantitative estimate of drug-likeness (QED) is 0.648. The summed E-state index contributed by atoms with van der Waals surface area (Å²) in [6.45, 7) is 1.42. The van der Waals surface area contributed by atoms with Crippen LogP contribution in [-0.2, 0) is 11.3 Å². The highest BCUT2D eigenvalue weighted by atomic mass is 19.1. The molecule has 0 saturated heterocycles. The maximum absolute atomic E-state index is 12.7. The molecule has 4 nitrogen and oxygen atoms in total. The molecule has 0 aliphatic rings. The van der Waals surface area contributed by atoms with Crippen molar-refractivity contribution in [2.75, 3.05) is 6.54 Å². The van der Waals surface area contributed by atoms with E-state index in [9.17, 15) is 9.18 Å². The van der Waals surface area contributed by atoms with E-state index in [0.717, 1.165) is 18.5 Å². The van der Waals surface area contributed by atoms with Crippen molar-refractivity contribution < 1.29 is 9.18 Å². The van der Waals surface area contributed by atoms with Crippen LogP contribution in [0.4, 0.5) is 4.39 Å². The van der Waals surface area contributed by atoms with Crippen molar-refractivity contribution in [3.63, 3.8) is 0 Å². The monoisotopic (exact) mass is 273 g/mol. The zero-order chi connectivity index (χ0) is 14.2. The van der Waals surface area contributed by atoms with Gasteiger partial charge in [-0.05, 0) is 30.2 Å². The van der Waals surface area contributed by atoms with Crippen LogP contribution in [0.15, 0.2) is 49.1 Å². The number of hydrogen-bond acceptors (Lipinski definition) is 2. The minimum Gasteiger partial charge on any atom is -0.352 e. The Balaban J connectivity index is 1.68. The second-order valence-electron chi connectivity index (χ2n) is 4.33. The summed E-state index contributed by atoms with van der Waals surface area (Å²) in [5, 5.41) is 2.79. The molecule has 0 bridgehead atoms. The number of nitrogens with zero attached hydrogens (tertiary/aromatic N) is 2. The third kappa shape index (κ3) is 4.68. The number of carbonyl (C=O) groups is 1. The van der Waals surface area contributed by atoms with Crippen molar-refractivity contribution in [1.29, 1.82) is 0 Å². The molecule has 1 amide bonds. The largest absolute Gasteiger partial charge is 0.352 e. The average Bonchev–Trinajstić information content (AvgIpc) is 2.96. The number of aryl methyl sites for hydroxylation is 1. The minimum atomic E-state index is -0.286. The van der Waals surface area contributed by atoms with Crippen molar-refractivity contribution in [3.05, 3.63) is 60.4 Å². The van der Waals surface area contributed by atoms with Crippen LogP contribution in [0.5, 0.6) is 0 Å². The SMILES string of the molecule is O=C(/C=C/c1ccc(F)cc1)NCCCn1ccnc1. The normalized spacial score (nSPS) is 10.8. The van der Waals surface area contributed by atoms with E-state index in [1.54, 1.807) is 30.7 Å². The molecule has 1 aromatic heterocycles. The first-order valence-electron chi connectivity index (χ1n) is 6.41. The minimum absolute atomic E-state index is 0.153. The summed E-state index contributed by atoms with van der Waals surface area (Å²) in [6.07, 6.45) is 9.30. The van der Waals surface area contributed by atoms with Crippen LogP contribution in [-0.4, -0.2) is 22.0 Å². The number of carbonyl (C=O) groups excluding carboxylic acids is 1. The summed E-state index contributed by atoms with van der Waals surface area (Å²) < 4.78 is 14.7. The molecule has 2 aromatic rings. The molecule has 5 heteroatoms. The van der Waals surface area contributed by atoms with Crippen molar-refractivity contribution in [1.82, 2.24) is 14.9 Å². The van der Waals surface area contributed by atoms with E-state index in [1.165, 1.54) is 18.2 Å². The lowest BCUT2D eigenvalue weighted by molar-refractivity contribution is -0.116. The van der Waals surface area contributed by atoms with Gasteiger partial charge < -0.3 is 9.88 Å². The van der Waals surface area contributed by atoms with Gasteiger partial charge in [0.1, 0.15) is 5.82 Å². The van der Waals surface area contributed by atoms with Crippen LogP contribution in [0.25, 0.3) is 6.08 Å². The van der Waals surface area contributed by atoms with E-state index in [-0.39, 0.29) is 11.7 Å². The molecule has 0 unspecified atom stereocenters. The summed E-state index contributed by atoms with van der Waals surface area (Å²) in [5.74, 6) is -0.439. The van der Waals surface area contributed by atoms with Crippen LogP contribution in [0.1, 0.15) is 12.0 Å². The van der Waals surface area contributed by atoms with Gasteiger partial charge in [-0.3, -0.25) is 4.79 Å². The molecule has 0 saturated carbocycles. The summed E-state index contributed by atoms with van der Waals surface area (Å²) in [4.78, 5) is 15.5. The summed E-state index contributed by atoms with van der Waals surface area (Å²) in [6, 6.07) is 5.97. The Morgan fingerprint density at radius 3 is 2.85 bits per heavy atom. The van der Waals surface area contributed by atoms with Crippen LogP contribution in [0.2, 0.25) is 0 Å². The van der Waals surface area contributed by atoms with E-state index in [2.05, 4.69) is 10.3 Å². The molecule has 20 heavy (non-hydrogen) atoms. The first-order chi connectivity index (χ1) is 9.74. The van der Waals surface area contributed by atoms with E-state index < -0.39 is 0 Å². The number of amides is 1. The molecule has 0 atom stereocenters. The zero-order valence-corrected chi connectivity index (χ0v) is 11.0. The number of halogens is 1. The fourth-order valence-electron chi connectivity index (χ4n) is 1.70. The van der Waals surface area contributed by atoms with E-state index in [0.29, 0.717) is 6.54 Å². The molecule has 0 aliphatic heterocycles. The Labute approximate surface area is 117 Å². The fourth-order valence-corrected chi connectivity index (χ4v) is 1.70. The van der Waals surface area contributed by atoms with Crippen molar-refractivity contribution in [3.8, 4) is 0 Å². The standard InChI is InChI=1S/C15H16FN3O/c16-14-5-2-13(3-6-14)4-7-15(20)18-8-1-10-19-11-9-17-12-19/h2-7,9,11-12H,1,8,10H2,(H,18,20)/b7-4+. The number of benzene rings is 1. The van der Waals surface area contributed by atoms with Gasteiger partial charge in [0.2, 0.25) is 5.91 Å². The molecule has 0 fully saturated rings. The molecule has 0 spiro atoms. The fraction of sp³-hybridized carbons (Fsp3) is 0.200. The Morgan fingerprint density at radius 1 is 1.35 bits per heavy atom. The van der Waals surface area contributed by atoms with Gasteiger partial charge in [0.15, 0.2) is 0 Å². The predicted octanol–water partition coefficient (Wildman–Crippen LogP) is 2.24. The van der Waals surface area contributed by atoms with Gasteiger partial charge in [0, 0.05) is 31.6 Å². The van der Waals surface area contributed by atoms with Crippen molar-refractivity contribution in [2.24, 2.45) is 0 Å². The highest BCUT2D eigenvalue weighted by Crippen LogP contribution is 2.04. The summed E-state index contributed by atoms with van der Waals surface area (Å²) in [5.41, 5.74) is 0.792. The zero-order valence-electron chi connectivity index (χ0n) is 11.0. The van der Waals surface area contributed by atoms with Gasteiger partial charge in [0.05, 0.1) is 6.33 Å². The first kappa shape index (κ1) is 14.0. The Kier molecular flexibility index (Phi) is 5.06. The van der Waals surface area contributed by atoms with Crippen LogP contribution in [0, 0.1) is 5.82 Å². The Hall–Kier alpha value is -2.43. The molecule has 104 valence electrons. The topological polar surface area (TPSA) is 46.9 Å². The summed E-state index contributed by atoms with van der Waals surface area (Å²) in [7, 11) is 0. The molecular formula is C15H16FN3O. The molecule has 0 aliphatic carbocycles. The summed E-state index contributed by atoms with van der Waals surface area (Å²) >= 11 is 0. The third-order valence-corrected chi connectivity index (χ3v) is 2.75. The van der Waals surface area contributed by atoms with Gasteiger partial charge >= 0.3 is 0 Å². The van der Waals surface area contributed by atoms with Gasteiger partial charge in [-0.2, -0.15) is 0 Å². The Morgan fingerprint density at radius 2 is 2.15 bits per heavy atom. The highest BCUT2D eigenvalue weighted by Gasteiger charge is 1.96. The molecule has 1 heterocycles. The lowest BCUT2D eigenvalue weighted by Gasteiger charge is -2.03. The lowest BCUT2D eigenvalue weighted by Crippen LogP contribution is -2.22. The lowest BCUT2D eigenvalue weighted by atomic mass is 10.2. The number of nitrogens with one attached hydrogen (secondary N) is 1. The maximum Gasteiger partial charge on any atom is 0.244 e. The average molecular weight is 273 g/mol. The predicted molar refractivity (Wildman–Crippen MR) is 75.3 cm³/mol. The molecule has 0 radical (unpaired) electrons. The van der Waals surface area contributed by atoms with Gasteiger partial charge in [-0.1, -0.05) is 12.1 Å². The molecular weight excluding hydrogens is 257 g/mol. The van der Waals surface area contributed by atoms with Gasteiger partial charge in [-0.25, -0.2) is 9.37 Å². The third-order valence-electron chi connectivity index (χ3n) is 2.75. The van der Waals surface area contributed by atoms with E-state index >= 15 is 0 Å². The molecule has 1 aromatic carbocycles. The smallest absolute Gasteiger partial charge is 0.244 e. The molecule has 2 rings (SSSR count). The van der Waals surface area contributed by atoms with Crippen LogP contribution in [0.3, 0.4) is 0 Å². The van der Waals surface area contributed by atoms with Gasteiger partial charge in [0.25, 0.3) is 0 Å². The van der Waals surface area contributed by atoms with Crippen LogP contribution >= 0.6 is 0 Å². The van der Waals surface area contributed by atoms with Gasteiger partial charge in [-0.15, -0.1) is 0 Å². The number of imidazole rings is 1. The van der Waals surface area contributed by atoms with Crippen molar-refractivity contribution >= 4 is 12.0 Å². The van der Waals surface area contributed by atoms with E-state index in [4.69, 9.17) is 0 Å². The second kappa shape index (κ2) is 7.23. The molecule has 1 N–H and O–H groups in total. The highest BCUT2D eigenvalue weighted by molar-refractivity contribution is 5.91. The van der Waals surface area contributed by atoms with Crippen molar-refractivity contribution in [2.45, 2.75) is 13.0 Å². The number of aromatic nitrogens is 2. The number of hydrogen-bond donors (Lipinski definition) is 1. The Bertz CT molecular complexity index is 561. The second-order valence-corrected chi connectivity index (χ2v) is 4.33. The maximum atomic E-state index is 12.7.